The topological polar surface area (TPSA) is 41.1 Å². The molecule has 12 heavy (non-hydrogen) atoms. The normalized spacial score (nSPS) is 25.4. The van der Waals surface area contributed by atoms with E-state index in [0.29, 0.717) is 5.78 Å². The fourth-order valence-electron chi connectivity index (χ4n) is 1.38. The van der Waals surface area contributed by atoms with Crippen molar-refractivity contribution in [1.82, 2.24) is 10.6 Å². The van der Waals surface area contributed by atoms with Crippen molar-refractivity contribution in [3.63, 3.8) is 0 Å². The Labute approximate surface area is 73.9 Å². The summed E-state index contributed by atoms with van der Waals surface area (Å²) in [7, 11) is 0. The van der Waals surface area contributed by atoms with Crippen molar-refractivity contribution >= 4 is 5.78 Å². The molecule has 0 aromatic carbocycles. The molecule has 0 spiro atoms. The maximum Gasteiger partial charge on any atom is 0.155 e. The fraction of sp³-hybridized carbons (Fsp3) is 0.889. The van der Waals surface area contributed by atoms with Crippen LogP contribution in [0.5, 0.6) is 0 Å². The minimum Gasteiger partial charge on any atom is -0.304 e. The SMILES string of the molecule is CC(C)(C)C(=O)C1CCNCN1. The van der Waals surface area contributed by atoms with Gasteiger partial charge in [0.25, 0.3) is 0 Å². The van der Waals surface area contributed by atoms with E-state index < -0.39 is 0 Å². The van der Waals surface area contributed by atoms with Gasteiger partial charge in [0.1, 0.15) is 0 Å². The Kier molecular flexibility index (Phi) is 2.85. The van der Waals surface area contributed by atoms with Gasteiger partial charge >= 0.3 is 0 Å². The second kappa shape index (κ2) is 3.54. The monoisotopic (exact) mass is 170 g/mol. The smallest absolute Gasteiger partial charge is 0.155 e. The van der Waals surface area contributed by atoms with Crippen LogP contribution in [0.25, 0.3) is 0 Å². The average Bonchev–Trinajstić information content (AvgIpc) is 2.03. The molecule has 3 nitrogen and oxygen atoms in total. The van der Waals surface area contributed by atoms with E-state index >= 15 is 0 Å². The number of carbonyl (C=O) groups is 1. The van der Waals surface area contributed by atoms with E-state index in [-0.39, 0.29) is 11.5 Å². The molecule has 0 radical (unpaired) electrons. The Morgan fingerprint density at radius 2 is 2.08 bits per heavy atom. The molecule has 1 unspecified atom stereocenters. The summed E-state index contributed by atoms with van der Waals surface area (Å²) in [5, 5.41) is 6.32. The highest BCUT2D eigenvalue weighted by atomic mass is 16.1. The van der Waals surface area contributed by atoms with Gasteiger partial charge in [-0.1, -0.05) is 20.8 Å². The number of nitrogens with one attached hydrogen (secondary N) is 2. The Balaban J connectivity index is 2.51. The molecule has 0 aromatic rings. The van der Waals surface area contributed by atoms with Crippen LogP contribution in [-0.2, 0) is 4.79 Å². The molecule has 0 saturated carbocycles. The lowest BCUT2D eigenvalue weighted by molar-refractivity contribution is -0.128. The van der Waals surface area contributed by atoms with Crippen LogP contribution in [0.1, 0.15) is 27.2 Å². The van der Waals surface area contributed by atoms with Gasteiger partial charge in [0.15, 0.2) is 5.78 Å². The molecule has 1 aliphatic rings. The van der Waals surface area contributed by atoms with Gasteiger partial charge in [-0.05, 0) is 13.0 Å². The van der Waals surface area contributed by atoms with Crippen molar-refractivity contribution in [3.8, 4) is 0 Å². The van der Waals surface area contributed by atoms with Crippen LogP contribution in [-0.4, -0.2) is 25.0 Å². The predicted octanol–water partition coefficient (Wildman–Crippen LogP) is 0.511. The minimum atomic E-state index is -0.213. The van der Waals surface area contributed by atoms with Gasteiger partial charge in [-0.2, -0.15) is 0 Å². The van der Waals surface area contributed by atoms with Crippen molar-refractivity contribution in [2.45, 2.75) is 33.2 Å². The number of hydrogen-bond donors (Lipinski definition) is 2. The quantitative estimate of drug-likeness (QED) is 0.602. The summed E-state index contributed by atoms with van der Waals surface area (Å²) in [4.78, 5) is 11.7. The molecule has 1 heterocycles. The van der Waals surface area contributed by atoms with Gasteiger partial charge in [0.05, 0.1) is 6.04 Å². The summed E-state index contributed by atoms with van der Waals surface area (Å²) in [6.07, 6.45) is 0.913. The molecule has 1 rings (SSSR count). The highest BCUT2D eigenvalue weighted by molar-refractivity contribution is 5.88. The zero-order valence-corrected chi connectivity index (χ0v) is 8.11. The third kappa shape index (κ3) is 2.29. The van der Waals surface area contributed by atoms with E-state index in [2.05, 4.69) is 10.6 Å². The zero-order chi connectivity index (χ0) is 9.19. The van der Waals surface area contributed by atoms with Gasteiger partial charge in [-0.15, -0.1) is 0 Å². The van der Waals surface area contributed by atoms with Crippen LogP contribution >= 0.6 is 0 Å². The Morgan fingerprint density at radius 1 is 1.42 bits per heavy atom. The van der Waals surface area contributed by atoms with Crippen LogP contribution < -0.4 is 10.6 Å². The minimum absolute atomic E-state index is 0.0613. The number of Topliss-reactive ketones (excluding diaryl/α,β-unsaturated/α-hetero) is 1. The van der Waals surface area contributed by atoms with Crippen LogP contribution in [0, 0.1) is 5.41 Å². The first-order valence-electron chi connectivity index (χ1n) is 4.50. The van der Waals surface area contributed by atoms with Crippen molar-refractivity contribution in [2.75, 3.05) is 13.2 Å². The van der Waals surface area contributed by atoms with E-state index in [4.69, 9.17) is 0 Å². The Hall–Kier alpha value is -0.410. The maximum absolute atomic E-state index is 11.7. The summed E-state index contributed by atoms with van der Waals surface area (Å²) in [6, 6.07) is 0.0613. The molecular formula is C9H18N2O. The van der Waals surface area contributed by atoms with E-state index in [9.17, 15) is 4.79 Å². The molecule has 0 bridgehead atoms. The van der Waals surface area contributed by atoms with Crippen LogP contribution in [0.3, 0.4) is 0 Å². The summed E-state index contributed by atoms with van der Waals surface area (Å²) in [5.41, 5.74) is -0.213. The molecule has 0 aromatic heterocycles. The third-order valence-corrected chi connectivity index (χ3v) is 2.14. The van der Waals surface area contributed by atoms with Crippen LogP contribution in [0.2, 0.25) is 0 Å². The van der Waals surface area contributed by atoms with E-state index in [1.54, 1.807) is 0 Å². The average molecular weight is 170 g/mol. The van der Waals surface area contributed by atoms with Gasteiger partial charge in [0.2, 0.25) is 0 Å². The van der Waals surface area contributed by atoms with E-state index in [0.717, 1.165) is 19.6 Å². The van der Waals surface area contributed by atoms with Crippen molar-refractivity contribution in [2.24, 2.45) is 5.41 Å². The standard InChI is InChI=1S/C9H18N2O/c1-9(2,3)8(12)7-4-5-10-6-11-7/h7,10-11H,4-6H2,1-3H3. The largest absolute Gasteiger partial charge is 0.304 e. The molecule has 3 heteroatoms. The zero-order valence-electron chi connectivity index (χ0n) is 8.11. The molecule has 2 N–H and O–H groups in total. The Morgan fingerprint density at radius 3 is 2.50 bits per heavy atom. The summed E-state index contributed by atoms with van der Waals surface area (Å²) in [6.45, 7) is 7.61. The van der Waals surface area contributed by atoms with E-state index in [1.165, 1.54) is 0 Å². The summed E-state index contributed by atoms with van der Waals surface area (Å²) < 4.78 is 0. The molecule has 1 aliphatic heterocycles. The summed E-state index contributed by atoms with van der Waals surface area (Å²) in [5.74, 6) is 0.323. The highest BCUT2D eigenvalue weighted by Crippen LogP contribution is 2.18. The molecular weight excluding hydrogens is 152 g/mol. The van der Waals surface area contributed by atoms with Crippen LogP contribution in [0.15, 0.2) is 0 Å². The molecule has 1 atom stereocenters. The number of ketones is 1. The van der Waals surface area contributed by atoms with Crippen molar-refractivity contribution in [1.29, 1.82) is 0 Å². The van der Waals surface area contributed by atoms with Gasteiger partial charge in [0, 0.05) is 12.1 Å². The number of hydrogen-bond acceptors (Lipinski definition) is 3. The van der Waals surface area contributed by atoms with Crippen LogP contribution in [0.4, 0.5) is 0 Å². The highest BCUT2D eigenvalue weighted by Gasteiger charge is 2.29. The molecule has 1 fully saturated rings. The first-order chi connectivity index (χ1) is 5.52. The lowest BCUT2D eigenvalue weighted by Gasteiger charge is -2.28. The van der Waals surface area contributed by atoms with Crippen molar-refractivity contribution in [3.05, 3.63) is 0 Å². The lowest BCUT2D eigenvalue weighted by Crippen LogP contribution is -2.51. The second-order valence-electron chi connectivity index (χ2n) is 4.34. The molecule has 0 amide bonds. The Bertz CT molecular complexity index is 166. The van der Waals surface area contributed by atoms with Crippen molar-refractivity contribution < 1.29 is 4.79 Å². The lowest BCUT2D eigenvalue weighted by atomic mass is 9.85. The fourth-order valence-corrected chi connectivity index (χ4v) is 1.38. The molecule has 70 valence electrons. The number of carbonyl (C=O) groups excluding carboxylic acids is 1. The maximum atomic E-state index is 11.7. The first kappa shape index (κ1) is 9.68. The summed E-state index contributed by atoms with van der Waals surface area (Å²) >= 11 is 0. The first-order valence-corrected chi connectivity index (χ1v) is 4.50. The van der Waals surface area contributed by atoms with E-state index in [1.807, 2.05) is 20.8 Å². The van der Waals surface area contributed by atoms with Gasteiger partial charge < -0.3 is 5.32 Å². The third-order valence-electron chi connectivity index (χ3n) is 2.14. The second-order valence-corrected chi connectivity index (χ2v) is 4.34. The predicted molar refractivity (Wildman–Crippen MR) is 48.9 cm³/mol. The van der Waals surface area contributed by atoms with Gasteiger partial charge in [-0.25, -0.2) is 0 Å². The molecule has 0 aliphatic carbocycles. The number of rotatable bonds is 1. The molecule has 1 saturated heterocycles. The van der Waals surface area contributed by atoms with Gasteiger partial charge in [-0.3, -0.25) is 10.1 Å².